The van der Waals surface area contributed by atoms with Crippen LogP contribution < -0.4 is 0 Å². The Morgan fingerprint density at radius 3 is 1.42 bits per heavy atom. The van der Waals surface area contributed by atoms with Crippen molar-refractivity contribution in [3.63, 3.8) is 0 Å². The molecule has 2 rings (SSSR count). The molecule has 0 saturated heterocycles. The molecule has 0 spiro atoms. The summed E-state index contributed by atoms with van der Waals surface area (Å²) in [5.74, 6) is -1.57. The van der Waals surface area contributed by atoms with Crippen molar-refractivity contribution in [3.05, 3.63) is 59.2 Å². The lowest BCUT2D eigenvalue weighted by atomic mass is 9.98. The normalized spacial score (nSPS) is 9.96. The maximum absolute atomic E-state index is 11.8. The molecule has 0 aliphatic heterocycles. The third kappa shape index (κ3) is 3.60. The lowest BCUT2D eigenvalue weighted by molar-refractivity contribution is 0.0587. The number of rotatable bonds is 4. The van der Waals surface area contributed by atoms with E-state index in [2.05, 4.69) is 4.74 Å². The summed E-state index contributed by atoms with van der Waals surface area (Å²) in [6, 6.07) is 11.2. The first kappa shape index (κ1) is 17.2. The van der Waals surface area contributed by atoms with Crippen LogP contribution in [0.15, 0.2) is 42.5 Å². The second kappa shape index (κ2) is 7.41. The molecule has 0 aliphatic rings. The first-order chi connectivity index (χ1) is 11.5. The first-order valence-corrected chi connectivity index (χ1v) is 7.00. The van der Waals surface area contributed by atoms with Gasteiger partial charge in [-0.3, -0.25) is 0 Å². The van der Waals surface area contributed by atoms with Crippen LogP contribution in [0.25, 0.3) is 11.1 Å². The highest BCUT2D eigenvalue weighted by atomic mass is 16.5. The fraction of sp³-hybridized carbons (Fsp3) is 0.167. The summed E-state index contributed by atoms with van der Waals surface area (Å²) in [6.45, 7) is 0. The van der Waals surface area contributed by atoms with Gasteiger partial charge in [0, 0.05) is 0 Å². The second-order valence-electron chi connectivity index (χ2n) is 4.85. The molecule has 0 aromatic heterocycles. The molecule has 0 heterocycles. The molecule has 124 valence electrons. The Morgan fingerprint density at radius 2 is 1.00 bits per heavy atom. The monoisotopic (exact) mass is 328 g/mol. The van der Waals surface area contributed by atoms with Crippen molar-refractivity contribution in [1.82, 2.24) is 0 Å². The van der Waals surface area contributed by atoms with Crippen molar-refractivity contribution in [2.45, 2.75) is 0 Å². The smallest absolute Gasteiger partial charge is 0.337 e. The summed E-state index contributed by atoms with van der Waals surface area (Å²) in [5.41, 5.74) is 2.20. The van der Waals surface area contributed by atoms with Gasteiger partial charge in [-0.2, -0.15) is 0 Å². The molecule has 2 aromatic rings. The Kier molecular flexibility index (Phi) is 5.31. The molecule has 0 N–H and O–H groups in total. The number of hydrogen-bond acceptors (Lipinski definition) is 6. The Labute approximate surface area is 139 Å². The van der Waals surface area contributed by atoms with Gasteiger partial charge in [0.25, 0.3) is 0 Å². The van der Waals surface area contributed by atoms with Gasteiger partial charge in [0.05, 0.1) is 38.0 Å². The average molecular weight is 328 g/mol. The number of hydrogen-bond donors (Lipinski definition) is 0. The molecule has 0 aliphatic carbocycles. The Morgan fingerprint density at radius 1 is 0.583 bits per heavy atom. The van der Waals surface area contributed by atoms with E-state index in [1.807, 2.05) is 0 Å². The Hall–Kier alpha value is -3.15. The molecular weight excluding hydrogens is 312 g/mol. The van der Waals surface area contributed by atoms with Crippen LogP contribution in [0.2, 0.25) is 0 Å². The highest BCUT2D eigenvalue weighted by Crippen LogP contribution is 2.24. The lowest BCUT2D eigenvalue weighted by Crippen LogP contribution is -2.07. The van der Waals surface area contributed by atoms with Crippen LogP contribution in [-0.4, -0.2) is 39.2 Å². The van der Waals surface area contributed by atoms with Gasteiger partial charge in [-0.25, -0.2) is 14.4 Å². The summed E-state index contributed by atoms with van der Waals surface area (Å²) < 4.78 is 14.1. The number of methoxy groups -OCH3 is 3. The highest BCUT2D eigenvalue weighted by molar-refractivity contribution is 5.97. The van der Waals surface area contributed by atoms with Crippen molar-refractivity contribution in [3.8, 4) is 11.1 Å². The SMILES string of the molecule is COC(=O)c1ccc(-c2cc(C(=O)OC)cc(C(=O)OC)c2)cc1. The predicted octanol–water partition coefficient (Wildman–Crippen LogP) is 2.71. The van der Waals surface area contributed by atoms with Crippen molar-refractivity contribution < 1.29 is 28.6 Å². The van der Waals surface area contributed by atoms with Crippen LogP contribution in [0.3, 0.4) is 0 Å². The minimum absolute atomic E-state index is 0.229. The zero-order chi connectivity index (χ0) is 17.7. The number of ether oxygens (including phenoxy) is 3. The minimum atomic E-state index is -0.562. The summed E-state index contributed by atoms with van der Waals surface area (Å²) in [5, 5.41) is 0. The maximum atomic E-state index is 11.8. The highest BCUT2D eigenvalue weighted by Gasteiger charge is 2.15. The molecule has 0 bridgehead atoms. The van der Waals surface area contributed by atoms with Gasteiger partial charge in [0.1, 0.15) is 0 Å². The van der Waals surface area contributed by atoms with Gasteiger partial charge in [-0.15, -0.1) is 0 Å². The van der Waals surface area contributed by atoms with E-state index in [-0.39, 0.29) is 11.1 Å². The van der Waals surface area contributed by atoms with E-state index >= 15 is 0 Å². The van der Waals surface area contributed by atoms with Crippen LogP contribution in [0.1, 0.15) is 31.1 Å². The van der Waals surface area contributed by atoms with E-state index in [1.165, 1.54) is 27.4 Å². The third-order valence-electron chi connectivity index (χ3n) is 3.41. The number of carbonyl (C=O) groups excluding carboxylic acids is 3. The second-order valence-corrected chi connectivity index (χ2v) is 4.85. The molecular formula is C18H16O6. The van der Waals surface area contributed by atoms with Crippen LogP contribution >= 0.6 is 0 Å². The van der Waals surface area contributed by atoms with Crippen LogP contribution in [0.4, 0.5) is 0 Å². The molecule has 24 heavy (non-hydrogen) atoms. The zero-order valence-electron chi connectivity index (χ0n) is 13.5. The number of esters is 3. The molecule has 0 fully saturated rings. The quantitative estimate of drug-likeness (QED) is 0.634. The van der Waals surface area contributed by atoms with Gasteiger partial charge < -0.3 is 14.2 Å². The standard InChI is InChI=1S/C18H16O6/c1-22-16(19)12-6-4-11(5-7-12)13-8-14(17(20)23-2)10-15(9-13)18(21)24-3/h4-10H,1-3H3. The van der Waals surface area contributed by atoms with E-state index in [1.54, 1.807) is 36.4 Å². The van der Waals surface area contributed by atoms with Crippen molar-refractivity contribution in [1.29, 1.82) is 0 Å². The van der Waals surface area contributed by atoms with E-state index in [9.17, 15) is 14.4 Å². The molecule has 0 amide bonds. The predicted molar refractivity (Wildman–Crippen MR) is 85.9 cm³/mol. The summed E-state index contributed by atoms with van der Waals surface area (Å²) >= 11 is 0. The molecule has 2 aromatic carbocycles. The lowest BCUT2D eigenvalue weighted by Gasteiger charge is -2.09. The fourth-order valence-corrected chi connectivity index (χ4v) is 2.18. The maximum Gasteiger partial charge on any atom is 0.337 e. The number of benzene rings is 2. The van der Waals surface area contributed by atoms with Crippen LogP contribution in [0, 0.1) is 0 Å². The molecule has 6 heteroatoms. The van der Waals surface area contributed by atoms with Crippen LogP contribution in [0.5, 0.6) is 0 Å². The fourth-order valence-electron chi connectivity index (χ4n) is 2.18. The minimum Gasteiger partial charge on any atom is -0.465 e. The van der Waals surface area contributed by atoms with E-state index in [0.717, 1.165) is 5.56 Å². The third-order valence-corrected chi connectivity index (χ3v) is 3.41. The van der Waals surface area contributed by atoms with Crippen molar-refractivity contribution >= 4 is 17.9 Å². The van der Waals surface area contributed by atoms with Gasteiger partial charge in [0.15, 0.2) is 0 Å². The molecule has 6 nitrogen and oxygen atoms in total. The van der Waals surface area contributed by atoms with Gasteiger partial charge in [-0.05, 0) is 41.5 Å². The Bertz CT molecular complexity index is 742. The number of carbonyl (C=O) groups is 3. The summed E-state index contributed by atoms with van der Waals surface area (Å²) in [4.78, 5) is 35.1. The van der Waals surface area contributed by atoms with E-state index in [0.29, 0.717) is 11.1 Å². The summed E-state index contributed by atoms with van der Waals surface area (Å²) in [7, 11) is 3.83. The topological polar surface area (TPSA) is 78.9 Å². The van der Waals surface area contributed by atoms with E-state index in [4.69, 9.17) is 9.47 Å². The van der Waals surface area contributed by atoms with Crippen molar-refractivity contribution in [2.75, 3.05) is 21.3 Å². The molecule has 0 atom stereocenters. The Balaban J connectivity index is 2.50. The van der Waals surface area contributed by atoms with Gasteiger partial charge in [-0.1, -0.05) is 12.1 Å². The first-order valence-electron chi connectivity index (χ1n) is 7.00. The van der Waals surface area contributed by atoms with Gasteiger partial charge >= 0.3 is 17.9 Å². The molecule has 0 unspecified atom stereocenters. The van der Waals surface area contributed by atoms with Crippen LogP contribution in [-0.2, 0) is 14.2 Å². The average Bonchev–Trinajstić information content (AvgIpc) is 2.65. The van der Waals surface area contributed by atoms with Crippen molar-refractivity contribution in [2.24, 2.45) is 0 Å². The zero-order valence-corrected chi connectivity index (χ0v) is 13.5. The summed E-state index contributed by atoms with van der Waals surface area (Å²) in [6.07, 6.45) is 0. The molecule has 0 saturated carbocycles. The largest absolute Gasteiger partial charge is 0.465 e. The molecule has 0 radical (unpaired) electrons. The van der Waals surface area contributed by atoms with Gasteiger partial charge in [0.2, 0.25) is 0 Å². The van der Waals surface area contributed by atoms with E-state index < -0.39 is 17.9 Å².